The van der Waals surface area contributed by atoms with Crippen LogP contribution in [0.15, 0.2) is 0 Å². The predicted octanol–water partition coefficient (Wildman–Crippen LogP) is 4.06. The minimum absolute atomic E-state index is 0.552. The van der Waals surface area contributed by atoms with Crippen LogP contribution < -0.4 is 5.32 Å². The topological polar surface area (TPSA) is 15.3 Å². The average Bonchev–Trinajstić information content (AvgIpc) is 2.67. The van der Waals surface area contributed by atoms with E-state index in [4.69, 9.17) is 0 Å². The second-order valence-corrected chi connectivity index (χ2v) is 6.42. The smallest absolute Gasteiger partial charge is 0.00500 e. The Hall–Kier alpha value is -0.0800. The lowest BCUT2D eigenvalue weighted by Crippen LogP contribution is -2.44. The van der Waals surface area contributed by atoms with Gasteiger partial charge in [0.05, 0.1) is 0 Å². The first-order valence-corrected chi connectivity index (χ1v) is 8.69. The van der Waals surface area contributed by atoms with Crippen molar-refractivity contribution in [2.75, 3.05) is 32.7 Å². The Morgan fingerprint density at radius 2 is 1.68 bits per heavy atom. The standard InChI is InChI=1S/C17H36N2/c1-4-7-14-19(6-3)16-17(15-18-5-2)12-10-8-9-11-13-17/h18H,4-16H2,1-3H3. The molecule has 0 aromatic heterocycles. The fourth-order valence-electron chi connectivity index (χ4n) is 3.46. The average molecular weight is 268 g/mol. The molecule has 1 rings (SSSR count). The van der Waals surface area contributed by atoms with Crippen molar-refractivity contribution in [3.63, 3.8) is 0 Å². The van der Waals surface area contributed by atoms with Crippen LogP contribution in [-0.2, 0) is 0 Å². The van der Waals surface area contributed by atoms with Crippen LogP contribution in [-0.4, -0.2) is 37.6 Å². The molecule has 0 atom stereocenters. The van der Waals surface area contributed by atoms with Gasteiger partial charge in [0.15, 0.2) is 0 Å². The van der Waals surface area contributed by atoms with Crippen LogP contribution in [0.5, 0.6) is 0 Å². The lowest BCUT2D eigenvalue weighted by molar-refractivity contribution is 0.130. The molecule has 1 N–H and O–H groups in total. The van der Waals surface area contributed by atoms with Gasteiger partial charge in [0.2, 0.25) is 0 Å². The van der Waals surface area contributed by atoms with Gasteiger partial charge in [0.1, 0.15) is 0 Å². The second-order valence-electron chi connectivity index (χ2n) is 6.42. The Kier molecular flexibility index (Phi) is 8.72. The first-order chi connectivity index (χ1) is 9.26. The second kappa shape index (κ2) is 9.77. The quantitative estimate of drug-likeness (QED) is 0.634. The van der Waals surface area contributed by atoms with Crippen LogP contribution in [0, 0.1) is 5.41 Å². The van der Waals surface area contributed by atoms with Crippen LogP contribution in [0.4, 0.5) is 0 Å². The molecule has 19 heavy (non-hydrogen) atoms. The molecular weight excluding hydrogens is 232 g/mol. The van der Waals surface area contributed by atoms with Gasteiger partial charge in [-0.25, -0.2) is 0 Å². The number of unbranched alkanes of at least 4 members (excludes halogenated alkanes) is 1. The van der Waals surface area contributed by atoms with E-state index >= 15 is 0 Å². The van der Waals surface area contributed by atoms with E-state index in [0.717, 1.165) is 6.54 Å². The van der Waals surface area contributed by atoms with Crippen molar-refractivity contribution in [3.05, 3.63) is 0 Å². The minimum Gasteiger partial charge on any atom is -0.316 e. The Morgan fingerprint density at radius 3 is 2.21 bits per heavy atom. The van der Waals surface area contributed by atoms with E-state index in [1.807, 2.05) is 0 Å². The molecule has 0 saturated heterocycles. The predicted molar refractivity (Wildman–Crippen MR) is 85.7 cm³/mol. The largest absolute Gasteiger partial charge is 0.316 e. The summed E-state index contributed by atoms with van der Waals surface area (Å²) in [4.78, 5) is 2.70. The molecule has 1 aliphatic carbocycles. The summed E-state index contributed by atoms with van der Waals surface area (Å²) in [6.45, 7) is 13.0. The highest BCUT2D eigenvalue weighted by Gasteiger charge is 2.31. The molecular formula is C17H36N2. The van der Waals surface area contributed by atoms with Gasteiger partial charge in [0, 0.05) is 13.1 Å². The van der Waals surface area contributed by atoms with Crippen molar-refractivity contribution in [1.82, 2.24) is 10.2 Å². The lowest BCUT2D eigenvalue weighted by Gasteiger charge is -2.38. The van der Waals surface area contributed by atoms with E-state index < -0.39 is 0 Å². The van der Waals surface area contributed by atoms with Gasteiger partial charge in [0.25, 0.3) is 0 Å². The van der Waals surface area contributed by atoms with Crippen molar-refractivity contribution in [2.24, 2.45) is 5.41 Å². The summed E-state index contributed by atoms with van der Waals surface area (Å²) >= 11 is 0. The highest BCUT2D eigenvalue weighted by atomic mass is 15.1. The van der Waals surface area contributed by atoms with Crippen LogP contribution in [0.2, 0.25) is 0 Å². The first-order valence-electron chi connectivity index (χ1n) is 8.69. The molecule has 0 spiro atoms. The van der Waals surface area contributed by atoms with Crippen molar-refractivity contribution in [1.29, 1.82) is 0 Å². The SMILES string of the molecule is CCCCN(CC)CC1(CNCC)CCCCCC1. The van der Waals surface area contributed by atoms with Crippen molar-refractivity contribution < 1.29 is 0 Å². The van der Waals surface area contributed by atoms with E-state index in [-0.39, 0.29) is 0 Å². The highest BCUT2D eigenvalue weighted by Crippen LogP contribution is 2.35. The highest BCUT2D eigenvalue weighted by molar-refractivity contribution is 4.86. The minimum atomic E-state index is 0.552. The van der Waals surface area contributed by atoms with Crippen molar-refractivity contribution in [2.45, 2.75) is 72.1 Å². The van der Waals surface area contributed by atoms with E-state index in [2.05, 4.69) is 31.0 Å². The van der Waals surface area contributed by atoms with Gasteiger partial charge in [-0.05, 0) is 44.3 Å². The molecule has 0 amide bonds. The molecule has 1 fully saturated rings. The third-order valence-electron chi connectivity index (χ3n) is 4.75. The molecule has 0 aromatic carbocycles. The summed E-state index contributed by atoms with van der Waals surface area (Å²) in [5, 5.41) is 3.65. The number of rotatable bonds is 9. The normalized spacial score (nSPS) is 19.6. The Morgan fingerprint density at radius 1 is 1.00 bits per heavy atom. The summed E-state index contributed by atoms with van der Waals surface area (Å²) in [5.74, 6) is 0. The third kappa shape index (κ3) is 6.27. The zero-order valence-corrected chi connectivity index (χ0v) is 13.6. The molecule has 0 bridgehead atoms. The monoisotopic (exact) mass is 268 g/mol. The zero-order valence-electron chi connectivity index (χ0n) is 13.6. The lowest BCUT2D eigenvalue weighted by atomic mass is 9.79. The third-order valence-corrected chi connectivity index (χ3v) is 4.75. The molecule has 2 heteroatoms. The van der Waals surface area contributed by atoms with E-state index in [1.165, 1.54) is 77.5 Å². The van der Waals surface area contributed by atoms with Gasteiger partial charge in [-0.1, -0.05) is 52.9 Å². The molecule has 0 unspecified atom stereocenters. The maximum absolute atomic E-state index is 3.65. The van der Waals surface area contributed by atoms with Crippen LogP contribution in [0.3, 0.4) is 0 Å². The number of nitrogens with zero attached hydrogens (tertiary/aromatic N) is 1. The van der Waals surface area contributed by atoms with Gasteiger partial charge in [-0.15, -0.1) is 0 Å². The van der Waals surface area contributed by atoms with Crippen molar-refractivity contribution >= 4 is 0 Å². The maximum Gasteiger partial charge on any atom is 0.00500 e. The fraction of sp³-hybridized carbons (Fsp3) is 1.00. The number of nitrogens with one attached hydrogen (secondary N) is 1. The Balaban J connectivity index is 2.59. The number of hydrogen-bond acceptors (Lipinski definition) is 2. The first kappa shape index (κ1) is 17.0. The molecule has 0 heterocycles. The van der Waals surface area contributed by atoms with Crippen LogP contribution in [0.25, 0.3) is 0 Å². The summed E-state index contributed by atoms with van der Waals surface area (Å²) in [6, 6.07) is 0. The van der Waals surface area contributed by atoms with E-state index in [9.17, 15) is 0 Å². The number of hydrogen-bond donors (Lipinski definition) is 1. The van der Waals surface area contributed by atoms with Gasteiger partial charge < -0.3 is 10.2 Å². The molecule has 0 aliphatic heterocycles. The van der Waals surface area contributed by atoms with Crippen LogP contribution in [0.1, 0.15) is 72.1 Å². The molecule has 1 aliphatic rings. The van der Waals surface area contributed by atoms with E-state index in [0.29, 0.717) is 5.41 Å². The summed E-state index contributed by atoms with van der Waals surface area (Å²) < 4.78 is 0. The summed E-state index contributed by atoms with van der Waals surface area (Å²) in [6.07, 6.45) is 11.3. The summed E-state index contributed by atoms with van der Waals surface area (Å²) in [5.41, 5.74) is 0.552. The van der Waals surface area contributed by atoms with Crippen LogP contribution >= 0.6 is 0 Å². The molecule has 0 aromatic rings. The van der Waals surface area contributed by atoms with Gasteiger partial charge >= 0.3 is 0 Å². The molecule has 2 nitrogen and oxygen atoms in total. The molecule has 1 saturated carbocycles. The Bertz CT molecular complexity index is 207. The fourth-order valence-corrected chi connectivity index (χ4v) is 3.46. The summed E-state index contributed by atoms with van der Waals surface area (Å²) in [7, 11) is 0. The molecule has 0 radical (unpaired) electrons. The Labute approximate surface area is 121 Å². The maximum atomic E-state index is 3.65. The zero-order chi connectivity index (χ0) is 14.0. The molecule has 114 valence electrons. The van der Waals surface area contributed by atoms with Gasteiger partial charge in [-0.2, -0.15) is 0 Å². The van der Waals surface area contributed by atoms with Crippen molar-refractivity contribution in [3.8, 4) is 0 Å². The van der Waals surface area contributed by atoms with E-state index in [1.54, 1.807) is 0 Å². The van der Waals surface area contributed by atoms with Gasteiger partial charge in [-0.3, -0.25) is 0 Å².